The van der Waals surface area contributed by atoms with E-state index in [1.807, 2.05) is 30.3 Å². The zero-order chi connectivity index (χ0) is 17.6. The minimum Gasteiger partial charge on any atom is -0.497 e. The van der Waals surface area contributed by atoms with Crippen LogP contribution in [0.3, 0.4) is 0 Å². The van der Waals surface area contributed by atoms with Crippen molar-refractivity contribution in [2.75, 3.05) is 12.4 Å². The van der Waals surface area contributed by atoms with E-state index in [4.69, 9.17) is 4.74 Å². The Labute approximate surface area is 147 Å². The van der Waals surface area contributed by atoms with Crippen molar-refractivity contribution in [1.29, 1.82) is 0 Å². The maximum Gasteiger partial charge on any atom is 0.255 e. The first-order chi connectivity index (χ1) is 12.1. The van der Waals surface area contributed by atoms with E-state index in [-0.39, 0.29) is 11.8 Å². The molecule has 1 aliphatic carbocycles. The molecule has 0 aliphatic heterocycles. The third kappa shape index (κ3) is 5.08. The number of benzene rings is 2. The van der Waals surface area contributed by atoms with Gasteiger partial charge in [0.2, 0.25) is 5.91 Å². The lowest BCUT2D eigenvalue weighted by molar-refractivity contribution is -0.121. The fourth-order valence-corrected chi connectivity index (χ4v) is 2.51. The molecule has 1 aliphatic rings. The average molecular weight is 338 g/mol. The smallest absolute Gasteiger partial charge is 0.255 e. The quantitative estimate of drug-likeness (QED) is 0.815. The van der Waals surface area contributed by atoms with Crippen molar-refractivity contribution in [2.45, 2.75) is 31.7 Å². The lowest BCUT2D eigenvalue weighted by atomic mass is 10.1. The van der Waals surface area contributed by atoms with Crippen molar-refractivity contribution in [1.82, 2.24) is 5.32 Å². The molecule has 2 amide bonds. The zero-order valence-corrected chi connectivity index (χ0v) is 14.2. The second kappa shape index (κ2) is 7.83. The van der Waals surface area contributed by atoms with Gasteiger partial charge in [0.25, 0.3) is 5.91 Å². The monoisotopic (exact) mass is 338 g/mol. The normalized spacial score (nSPS) is 13.2. The Bertz CT molecular complexity index is 752. The Balaban J connectivity index is 1.53. The molecule has 5 nitrogen and oxygen atoms in total. The molecular formula is C20H22N2O3. The van der Waals surface area contributed by atoms with E-state index in [1.54, 1.807) is 25.3 Å². The summed E-state index contributed by atoms with van der Waals surface area (Å²) >= 11 is 0. The number of aryl methyl sites for hydroxylation is 1. The molecule has 0 atom stereocenters. The van der Waals surface area contributed by atoms with Crippen molar-refractivity contribution in [3.63, 3.8) is 0 Å². The van der Waals surface area contributed by atoms with E-state index >= 15 is 0 Å². The number of ether oxygens (including phenoxy) is 1. The molecule has 0 aromatic heterocycles. The van der Waals surface area contributed by atoms with Crippen LogP contribution in [0.15, 0.2) is 48.5 Å². The second-order valence-corrected chi connectivity index (χ2v) is 6.22. The third-order valence-corrected chi connectivity index (χ3v) is 4.13. The van der Waals surface area contributed by atoms with Gasteiger partial charge in [-0.1, -0.05) is 18.2 Å². The lowest BCUT2D eigenvalue weighted by Gasteiger charge is -2.08. The van der Waals surface area contributed by atoms with Gasteiger partial charge in [-0.25, -0.2) is 0 Å². The molecule has 0 unspecified atom stereocenters. The molecule has 0 radical (unpaired) electrons. The average Bonchev–Trinajstić information content (AvgIpc) is 3.44. The first kappa shape index (κ1) is 17.0. The zero-order valence-electron chi connectivity index (χ0n) is 14.2. The van der Waals surface area contributed by atoms with E-state index in [9.17, 15) is 9.59 Å². The van der Waals surface area contributed by atoms with Gasteiger partial charge >= 0.3 is 0 Å². The van der Waals surface area contributed by atoms with E-state index in [2.05, 4.69) is 10.6 Å². The highest BCUT2D eigenvalue weighted by Crippen LogP contribution is 2.19. The minimum atomic E-state index is -0.175. The van der Waals surface area contributed by atoms with Crippen LogP contribution >= 0.6 is 0 Å². The molecular weight excluding hydrogens is 316 g/mol. The van der Waals surface area contributed by atoms with E-state index in [1.165, 1.54) is 0 Å². The Kier molecular flexibility index (Phi) is 5.33. The van der Waals surface area contributed by atoms with Crippen molar-refractivity contribution in [3.8, 4) is 5.75 Å². The maximum atomic E-state index is 12.3. The fourth-order valence-electron chi connectivity index (χ4n) is 2.51. The molecule has 1 fully saturated rings. The summed E-state index contributed by atoms with van der Waals surface area (Å²) in [5.74, 6) is 0.617. The number of anilines is 1. The topological polar surface area (TPSA) is 67.4 Å². The molecule has 0 saturated heterocycles. The van der Waals surface area contributed by atoms with Gasteiger partial charge in [-0.05, 0) is 49.1 Å². The van der Waals surface area contributed by atoms with Crippen LogP contribution in [-0.2, 0) is 11.2 Å². The third-order valence-electron chi connectivity index (χ3n) is 4.13. The Morgan fingerprint density at radius 3 is 2.56 bits per heavy atom. The molecule has 2 aromatic rings. The largest absolute Gasteiger partial charge is 0.497 e. The number of methoxy groups -OCH3 is 1. The summed E-state index contributed by atoms with van der Waals surface area (Å²) in [5.41, 5.74) is 2.31. The molecule has 25 heavy (non-hydrogen) atoms. The molecule has 2 aromatic carbocycles. The summed E-state index contributed by atoms with van der Waals surface area (Å²) in [6.45, 7) is 0. The van der Waals surface area contributed by atoms with Crippen molar-refractivity contribution < 1.29 is 14.3 Å². The van der Waals surface area contributed by atoms with Crippen molar-refractivity contribution >= 4 is 17.5 Å². The molecule has 2 N–H and O–H groups in total. The number of carbonyl (C=O) groups excluding carboxylic acids is 2. The number of nitrogens with one attached hydrogen (secondary N) is 2. The number of carbonyl (C=O) groups is 2. The van der Waals surface area contributed by atoms with Gasteiger partial charge in [0.1, 0.15) is 5.75 Å². The highest BCUT2D eigenvalue weighted by atomic mass is 16.5. The second-order valence-electron chi connectivity index (χ2n) is 6.22. The number of rotatable bonds is 7. The number of hydrogen-bond acceptors (Lipinski definition) is 3. The highest BCUT2D eigenvalue weighted by Gasteiger charge is 2.22. The summed E-state index contributed by atoms with van der Waals surface area (Å²) in [5, 5.41) is 5.83. The van der Waals surface area contributed by atoms with E-state index in [0.717, 1.165) is 18.4 Å². The van der Waals surface area contributed by atoms with Crippen LogP contribution in [0.5, 0.6) is 5.75 Å². The van der Waals surface area contributed by atoms with Gasteiger partial charge in [-0.3, -0.25) is 9.59 Å². The van der Waals surface area contributed by atoms with Crippen LogP contribution in [-0.4, -0.2) is 25.0 Å². The number of hydrogen-bond donors (Lipinski definition) is 2. The lowest BCUT2D eigenvalue weighted by Crippen LogP contribution is -2.25. The molecule has 0 heterocycles. The van der Waals surface area contributed by atoms with Gasteiger partial charge < -0.3 is 15.4 Å². The molecule has 5 heteroatoms. The Morgan fingerprint density at radius 2 is 1.88 bits per heavy atom. The number of amides is 2. The van der Waals surface area contributed by atoms with Gasteiger partial charge in [-0.15, -0.1) is 0 Å². The Morgan fingerprint density at radius 1 is 1.12 bits per heavy atom. The highest BCUT2D eigenvalue weighted by molar-refractivity contribution is 6.04. The summed E-state index contributed by atoms with van der Waals surface area (Å²) in [4.78, 5) is 24.0. The van der Waals surface area contributed by atoms with E-state index < -0.39 is 0 Å². The predicted octanol–water partition coefficient (Wildman–Crippen LogP) is 3.16. The van der Waals surface area contributed by atoms with Crippen LogP contribution in [0, 0.1) is 0 Å². The predicted molar refractivity (Wildman–Crippen MR) is 96.9 cm³/mol. The molecule has 3 rings (SSSR count). The van der Waals surface area contributed by atoms with Gasteiger partial charge in [-0.2, -0.15) is 0 Å². The Hall–Kier alpha value is -2.82. The van der Waals surface area contributed by atoms with Gasteiger partial charge in [0.05, 0.1) is 7.11 Å². The summed E-state index contributed by atoms with van der Waals surface area (Å²) in [6, 6.07) is 15.0. The van der Waals surface area contributed by atoms with Crippen LogP contribution in [0.2, 0.25) is 0 Å². The van der Waals surface area contributed by atoms with E-state index in [0.29, 0.717) is 35.9 Å². The first-order valence-electron chi connectivity index (χ1n) is 8.48. The van der Waals surface area contributed by atoms with Crippen LogP contribution in [0.1, 0.15) is 35.2 Å². The summed E-state index contributed by atoms with van der Waals surface area (Å²) < 4.78 is 5.15. The standard InChI is InChI=1S/C20H22N2O3/c1-25-18-4-2-3-17(13-18)22-20(24)15-8-5-14(6-9-15)7-12-19(23)21-16-10-11-16/h2-6,8-9,13,16H,7,10-12H2,1H3,(H,21,23)(H,22,24). The van der Waals surface area contributed by atoms with Crippen LogP contribution < -0.4 is 15.4 Å². The van der Waals surface area contributed by atoms with Crippen LogP contribution in [0.4, 0.5) is 5.69 Å². The van der Waals surface area contributed by atoms with Gasteiger partial charge in [0, 0.05) is 29.8 Å². The minimum absolute atomic E-state index is 0.0994. The first-order valence-corrected chi connectivity index (χ1v) is 8.48. The molecule has 0 spiro atoms. The molecule has 0 bridgehead atoms. The van der Waals surface area contributed by atoms with Crippen LogP contribution in [0.25, 0.3) is 0 Å². The SMILES string of the molecule is COc1cccc(NC(=O)c2ccc(CCC(=O)NC3CC3)cc2)c1. The summed E-state index contributed by atoms with van der Waals surface area (Å²) in [6.07, 6.45) is 3.36. The van der Waals surface area contributed by atoms with Crippen molar-refractivity contribution in [3.05, 3.63) is 59.7 Å². The molecule has 1 saturated carbocycles. The maximum absolute atomic E-state index is 12.3. The summed E-state index contributed by atoms with van der Waals surface area (Å²) in [7, 11) is 1.59. The fraction of sp³-hybridized carbons (Fsp3) is 0.300. The van der Waals surface area contributed by atoms with Gasteiger partial charge in [0.15, 0.2) is 0 Å². The molecule has 130 valence electrons. The van der Waals surface area contributed by atoms with Crippen molar-refractivity contribution in [2.24, 2.45) is 0 Å².